The molecule has 0 spiro atoms. The van der Waals surface area contributed by atoms with Crippen molar-refractivity contribution in [1.29, 1.82) is 0 Å². The van der Waals surface area contributed by atoms with Gasteiger partial charge in [0.1, 0.15) is 0 Å². The van der Waals surface area contributed by atoms with E-state index in [1.54, 1.807) is 0 Å². The predicted octanol–water partition coefficient (Wildman–Crippen LogP) is 2.38. The predicted molar refractivity (Wildman–Crippen MR) is 127 cm³/mol. The van der Waals surface area contributed by atoms with E-state index in [0.717, 1.165) is 65.1 Å². The molecule has 0 saturated carbocycles. The van der Waals surface area contributed by atoms with Crippen molar-refractivity contribution in [2.24, 2.45) is 5.92 Å². The quantitative estimate of drug-likeness (QED) is 0.709. The van der Waals surface area contributed by atoms with Crippen molar-refractivity contribution in [2.75, 3.05) is 50.8 Å². The Balaban J connectivity index is 1.11. The van der Waals surface area contributed by atoms with Crippen molar-refractivity contribution < 1.29 is 13.2 Å². The minimum Gasteiger partial charge on any atom is -0.340 e. The molecule has 3 saturated heterocycles. The second-order valence-corrected chi connectivity index (χ2v) is 11.8. The molecule has 0 aromatic heterocycles. The fourth-order valence-corrected chi connectivity index (χ4v) is 7.39. The Morgan fingerprint density at radius 1 is 0.875 bits per heavy atom. The molecule has 32 heavy (non-hydrogen) atoms. The van der Waals surface area contributed by atoms with E-state index in [9.17, 15) is 13.2 Å². The van der Waals surface area contributed by atoms with Crippen molar-refractivity contribution in [3.05, 3.63) is 48.0 Å². The third kappa shape index (κ3) is 4.70. The van der Waals surface area contributed by atoms with E-state index in [4.69, 9.17) is 0 Å². The van der Waals surface area contributed by atoms with Gasteiger partial charge >= 0.3 is 0 Å². The molecule has 1 unspecified atom stereocenters. The number of hydrogen-bond acceptors (Lipinski definition) is 5. The summed E-state index contributed by atoms with van der Waals surface area (Å²) in [5.41, 5.74) is 1.35. The largest absolute Gasteiger partial charge is 0.340 e. The summed E-state index contributed by atoms with van der Waals surface area (Å²) in [6.45, 7) is 6.03. The van der Waals surface area contributed by atoms with Crippen molar-refractivity contribution in [2.45, 2.75) is 31.8 Å². The second-order valence-electron chi connectivity index (χ2n) is 9.61. The van der Waals surface area contributed by atoms with E-state index < -0.39 is 9.84 Å². The van der Waals surface area contributed by atoms with Crippen LogP contribution in [-0.2, 0) is 21.2 Å². The minimum atomic E-state index is -2.85. The van der Waals surface area contributed by atoms with Crippen LogP contribution in [0.2, 0.25) is 0 Å². The standard InChI is InChI=1S/C25H33N3O3S/c29-25(21-8-11-27(12-9-21)23-10-17-32(30,31)19-23)28-15-13-26(14-16-28)18-22-6-3-5-20-4-1-2-7-24(20)22/h1-7,21,23H,8-19H2. The van der Waals surface area contributed by atoms with E-state index >= 15 is 0 Å². The monoisotopic (exact) mass is 455 g/mol. The van der Waals surface area contributed by atoms with Crippen molar-refractivity contribution >= 4 is 26.5 Å². The first kappa shape index (κ1) is 21.9. The zero-order valence-corrected chi connectivity index (χ0v) is 19.5. The van der Waals surface area contributed by atoms with Gasteiger partial charge in [0.15, 0.2) is 9.84 Å². The number of rotatable bonds is 4. The van der Waals surface area contributed by atoms with Gasteiger partial charge in [-0.3, -0.25) is 14.6 Å². The number of amides is 1. The van der Waals surface area contributed by atoms with Crippen molar-refractivity contribution in [3.63, 3.8) is 0 Å². The van der Waals surface area contributed by atoms with Crippen LogP contribution in [0.15, 0.2) is 42.5 Å². The zero-order chi connectivity index (χ0) is 22.1. The van der Waals surface area contributed by atoms with Crippen LogP contribution < -0.4 is 0 Å². The topological polar surface area (TPSA) is 60.9 Å². The summed E-state index contributed by atoms with van der Waals surface area (Å²) in [6, 6.07) is 15.2. The first-order valence-electron chi connectivity index (χ1n) is 11.9. The van der Waals surface area contributed by atoms with E-state index in [1.165, 1.54) is 16.3 Å². The van der Waals surface area contributed by atoms with Crippen LogP contribution in [0.1, 0.15) is 24.8 Å². The van der Waals surface area contributed by atoms with Crippen LogP contribution in [0.4, 0.5) is 0 Å². The van der Waals surface area contributed by atoms with Gasteiger partial charge in [0.25, 0.3) is 0 Å². The molecule has 3 aliphatic heterocycles. The highest BCUT2D eigenvalue weighted by Gasteiger charge is 2.36. The Morgan fingerprint density at radius 2 is 1.59 bits per heavy atom. The molecule has 5 rings (SSSR count). The summed E-state index contributed by atoms with van der Waals surface area (Å²) in [6.07, 6.45) is 2.46. The van der Waals surface area contributed by atoms with Gasteiger partial charge in [-0.15, -0.1) is 0 Å². The number of carbonyl (C=O) groups is 1. The molecule has 2 aromatic carbocycles. The third-order valence-electron chi connectivity index (χ3n) is 7.56. The number of carbonyl (C=O) groups excluding carboxylic acids is 1. The molecule has 172 valence electrons. The molecule has 3 aliphatic rings. The first-order valence-corrected chi connectivity index (χ1v) is 13.7. The molecule has 0 bridgehead atoms. The van der Waals surface area contributed by atoms with Gasteiger partial charge in [-0.25, -0.2) is 8.42 Å². The fourth-order valence-electron chi connectivity index (χ4n) is 5.63. The smallest absolute Gasteiger partial charge is 0.225 e. The maximum atomic E-state index is 13.1. The van der Waals surface area contributed by atoms with Crippen LogP contribution in [0.3, 0.4) is 0 Å². The number of hydrogen-bond donors (Lipinski definition) is 0. The Hall–Kier alpha value is -1.96. The molecule has 6 nitrogen and oxygen atoms in total. The molecule has 0 N–H and O–H groups in total. The molecule has 3 heterocycles. The van der Waals surface area contributed by atoms with Crippen molar-refractivity contribution in [3.8, 4) is 0 Å². The maximum absolute atomic E-state index is 13.1. The van der Waals surface area contributed by atoms with E-state index in [2.05, 4.69) is 57.2 Å². The summed E-state index contributed by atoms with van der Waals surface area (Å²) in [4.78, 5) is 19.9. The Labute approximate surface area is 191 Å². The molecule has 0 aliphatic carbocycles. The summed E-state index contributed by atoms with van der Waals surface area (Å²) in [5, 5.41) is 2.59. The maximum Gasteiger partial charge on any atom is 0.225 e. The van der Waals surface area contributed by atoms with Crippen molar-refractivity contribution in [1.82, 2.24) is 14.7 Å². The molecular weight excluding hydrogens is 422 g/mol. The Kier molecular flexibility index (Phi) is 6.23. The number of sulfone groups is 1. The highest BCUT2D eigenvalue weighted by atomic mass is 32.2. The van der Waals surface area contributed by atoms with E-state index in [1.807, 2.05) is 0 Å². The number of benzene rings is 2. The molecule has 1 atom stereocenters. The summed E-state index contributed by atoms with van der Waals surface area (Å²) >= 11 is 0. The second kappa shape index (κ2) is 9.12. The highest BCUT2D eigenvalue weighted by Crippen LogP contribution is 2.26. The number of likely N-dealkylation sites (tertiary alicyclic amines) is 1. The molecule has 3 fully saturated rings. The lowest BCUT2D eigenvalue weighted by Crippen LogP contribution is -2.52. The number of nitrogens with zero attached hydrogens (tertiary/aromatic N) is 3. The summed E-state index contributed by atoms with van der Waals surface area (Å²) < 4.78 is 23.6. The average molecular weight is 456 g/mol. The van der Waals surface area contributed by atoms with Crippen LogP contribution in [0, 0.1) is 5.92 Å². The van der Waals surface area contributed by atoms with Crippen LogP contribution in [-0.4, -0.2) is 85.8 Å². The lowest BCUT2D eigenvalue weighted by Gasteiger charge is -2.39. The number of fused-ring (bicyclic) bond motifs is 1. The van der Waals surface area contributed by atoms with Gasteiger partial charge in [0, 0.05) is 44.7 Å². The number of piperidine rings is 1. The SMILES string of the molecule is O=C(C1CCN(C2CCS(=O)(=O)C2)CC1)N1CCN(Cc2cccc3ccccc23)CC1. The van der Waals surface area contributed by atoms with Gasteiger partial charge in [0.2, 0.25) is 5.91 Å². The Morgan fingerprint density at radius 3 is 2.31 bits per heavy atom. The lowest BCUT2D eigenvalue weighted by atomic mass is 9.94. The van der Waals surface area contributed by atoms with Crippen LogP contribution in [0.25, 0.3) is 10.8 Å². The van der Waals surface area contributed by atoms with E-state index in [-0.39, 0.29) is 12.0 Å². The molecule has 7 heteroatoms. The lowest BCUT2D eigenvalue weighted by molar-refractivity contribution is -0.139. The molecule has 0 radical (unpaired) electrons. The molecule has 1 amide bonds. The third-order valence-corrected chi connectivity index (χ3v) is 9.31. The van der Waals surface area contributed by atoms with Gasteiger partial charge < -0.3 is 4.90 Å². The normalized spacial score (nSPS) is 25.4. The average Bonchev–Trinajstić information content (AvgIpc) is 3.19. The first-order chi connectivity index (χ1) is 15.5. The zero-order valence-electron chi connectivity index (χ0n) is 18.7. The van der Waals surface area contributed by atoms with E-state index in [0.29, 0.717) is 17.4 Å². The highest BCUT2D eigenvalue weighted by molar-refractivity contribution is 7.91. The van der Waals surface area contributed by atoms with Gasteiger partial charge in [0.05, 0.1) is 11.5 Å². The van der Waals surface area contributed by atoms with Crippen LogP contribution >= 0.6 is 0 Å². The molecular formula is C25H33N3O3S. The van der Waals surface area contributed by atoms with Crippen LogP contribution in [0.5, 0.6) is 0 Å². The summed E-state index contributed by atoms with van der Waals surface area (Å²) in [5.74, 6) is 1.01. The fraction of sp³-hybridized carbons (Fsp3) is 0.560. The number of piperazine rings is 1. The van der Waals surface area contributed by atoms with Gasteiger partial charge in [-0.2, -0.15) is 0 Å². The molecule has 2 aromatic rings. The Bertz CT molecular complexity index is 1070. The van der Waals surface area contributed by atoms with Gasteiger partial charge in [-0.05, 0) is 48.7 Å². The minimum absolute atomic E-state index is 0.0916. The van der Waals surface area contributed by atoms with Gasteiger partial charge in [-0.1, -0.05) is 42.5 Å². The summed E-state index contributed by atoms with van der Waals surface area (Å²) in [7, 11) is -2.85.